The Hall–Kier alpha value is -3.63. The third kappa shape index (κ3) is 6.99. The van der Waals surface area contributed by atoms with Gasteiger partial charge in [0.15, 0.2) is 11.6 Å². The lowest BCUT2D eigenvalue weighted by atomic mass is 9.83. The molecule has 2 aromatic rings. The van der Waals surface area contributed by atoms with Crippen LogP contribution in [0.3, 0.4) is 0 Å². The van der Waals surface area contributed by atoms with Gasteiger partial charge in [-0.05, 0) is 69.2 Å². The standard InChI is InChI=1S/C27H34N2O8/c1-26(2,3)37-22(31)13-14-27(25(32)29-33)23(19-7-5-8-21(17-19)34-4)36-24(28-27)18-9-11-20(12-10-18)35-16-6-15-30/h5,7-12,17,23,30,33H,6,13-16H2,1-4H3,(H,29,32)/t23-,27-/m0/s1. The molecule has 3 N–H and O–H groups in total. The summed E-state index contributed by atoms with van der Waals surface area (Å²) in [4.78, 5) is 30.4. The summed E-state index contributed by atoms with van der Waals surface area (Å²) in [6.45, 7) is 5.67. The SMILES string of the molecule is COc1cccc([C@@H]2OC(c3ccc(OCCCO)cc3)=N[C@]2(CCC(=O)OC(C)(C)C)C(=O)NO)c1. The molecule has 1 aliphatic rings. The highest BCUT2D eigenvalue weighted by molar-refractivity contribution is 6.01. The van der Waals surface area contributed by atoms with E-state index in [1.165, 1.54) is 7.11 Å². The lowest BCUT2D eigenvalue weighted by Crippen LogP contribution is -2.47. The van der Waals surface area contributed by atoms with E-state index in [0.29, 0.717) is 35.7 Å². The quantitative estimate of drug-likeness (QED) is 0.180. The van der Waals surface area contributed by atoms with E-state index >= 15 is 0 Å². The van der Waals surface area contributed by atoms with E-state index < -0.39 is 29.1 Å². The number of hydroxylamine groups is 1. The molecule has 1 heterocycles. The van der Waals surface area contributed by atoms with Crippen molar-refractivity contribution >= 4 is 17.8 Å². The Kier molecular flexibility index (Phi) is 9.12. The summed E-state index contributed by atoms with van der Waals surface area (Å²) in [5.41, 5.74) is 0.503. The van der Waals surface area contributed by atoms with Crippen LogP contribution in [-0.2, 0) is 19.1 Å². The van der Waals surface area contributed by atoms with E-state index in [0.717, 1.165) is 0 Å². The molecule has 1 amide bonds. The van der Waals surface area contributed by atoms with E-state index in [4.69, 9.17) is 24.1 Å². The summed E-state index contributed by atoms with van der Waals surface area (Å²) in [6, 6.07) is 13.9. The number of hydrogen-bond acceptors (Lipinski definition) is 9. The summed E-state index contributed by atoms with van der Waals surface area (Å²) in [5.74, 6) is -0.00537. The van der Waals surface area contributed by atoms with Gasteiger partial charge in [0.05, 0.1) is 13.7 Å². The highest BCUT2D eigenvalue weighted by atomic mass is 16.6. The number of aliphatic hydroxyl groups excluding tert-OH is 1. The van der Waals surface area contributed by atoms with Crippen LogP contribution in [-0.4, -0.2) is 59.6 Å². The Morgan fingerprint density at radius 1 is 1.14 bits per heavy atom. The first-order chi connectivity index (χ1) is 17.6. The van der Waals surface area contributed by atoms with Crippen LogP contribution in [0.2, 0.25) is 0 Å². The lowest BCUT2D eigenvalue weighted by Gasteiger charge is -2.30. The summed E-state index contributed by atoms with van der Waals surface area (Å²) in [6.07, 6.45) is -0.672. The number of ether oxygens (including phenoxy) is 4. The normalized spacial score (nSPS) is 19.0. The van der Waals surface area contributed by atoms with E-state index in [1.54, 1.807) is 74.8 Å². The van der Waals surface area contributed by atoms with Crippen molar-refractivity contribution in [3.05, 3.63) is 59.7 Å². The molecule has 0 aromatic heterocycles. The van der Waals surface area contributed by atoms with Crippen molar-refractivity contribution in [3.8, 4) is 11.5 Å². The van der Waals surface area contributed by atoms with Crippen LogP contribution < -0.4 is 15.0 Å². The number of methoxy groups -OCH3 is 1. The van der Waals surface area contributed by atoms with E-state index in [-0.39, 0.29) is 25.3 Å². The summed E-state index contributed by atoms with van der Waals surface area (Å²) >= 11 is 0. The highest BCUT2D eigenvalue weighted by Gasteiger charge is 2.53. The largest absolute Gasteiger partial charge is 0.497 e. The molecular formula is C27H34N2O8. The molecule has 3 rings (SSSR count). The number of nitrogens with zero attached hydrogens (tertiary/aromatic N) is 1. The molecule has 0 saturated heterocycles. The van der Waals surface area contributed by atoms with Gasteiger partial charge in [0, 0.05) is 25.0 Å². The van der Waals surface area contributed by atoms with Gasteiger partial charge in [0.2, 0.25) is 5.90 Å². The smallest absolute Gasteiger partial charge is 0.306 e. The minimum Gasteiger partial charge on any atom is -0.497 e. The maximum atomic E-state index is 13.2. The Morgan fingerprint density at radius 2 is 1.86 bits per heavy atom. The van der Waals surface area contributed by atoms with Crippen LogP contribution in [0.25, 0.3) is 0 Å². The van der Waals surface area contributed by atoms with E-state index in [2.05, 4.69) is 4.99 Å². The molecule has 200 valence electrons. The molecule has 1 aliphatic heterocycles. The van der Waals surface area contributed by atoms with Crippen LogP contribution in [0, 0.1) is 0 Å². The van der Waals surface area contributed by atoms with Gasteiger partial charge in [-0.1, -0.05) is 12.1 Å². The van der Waals surface area contributed by atoms with Crippen molar-refractivity contribution in [3.63, 3.8) is 0 Å². The number of aliphatic hydroxyl groups is 1. The molecule has 0 bridgehead atoms. The predicted octanol–water partition coefficient (Wildman–Crippen LogP) is 3.34. The first kappa shape index (κ1) is 27.9. The number of nitrogens with one attached hydrogen (secondary N) is 1. The third-order valence-corrected chi connectivity index (χ3v) is 5.66. The number of hydrogen-bond donors (Lipinski definition) is 3. The van der Waals surface area contributed by atoms with Gasteiger partial charge in [-0.2, -0.15) is 0 Å². The van der Waals surface area contributed by atoms with Crippen LogP contribution in [0.4, 0.5) is 0 Å². The molecule has 0 unspecified atom stereocenters. The van der Waals surface area contributed by atoms with E-state index in [1.807, 2.05) is 0 Å². The number of carbonyl (C=O) groups excluding carboxylic acids is 2. The molecule has 2 aromatic carbocycles. The molecule has 0 aliphatic carbocycles. The van der Waals surface area contributed by atoms with Crippen molar-refractivity contribution in [2.45, 2.75) is 57.3 Å². The number of benzene rings is 2. The van der Waals surface area contributed by atoms with Crippen LogP contribution >= 0.6 is 0 Å². The number of aliphatic imine (C=N–C) groups is 1. The first-order valence-corrected chi connectivity index (χ1v) is 12.0. The molecule has 37 heavy (non-hydrogen) atoms. The average Bonchev–Trinajstić information content (AvgIpc) is 3.27. The molecular weight excluding hydrogens is 480 g/mol. The van der Waals surface area contributed by atoms with Gasteiger partial charge in [-0.15, -0.1) is 0 Å². The summed E-state index contributed by atoms with van der Waals surface area (Å²) in [7, 11) is 1.52. The van der Waals surface area contributed by atoms with Gasteiger partial charge in [-0.3, -0.25) is 14.8 Å². The topological polar surface area (TPSA) is 136 Å². The second-order valence-electron chi connectivity index (χ2n) is 9.59. The fourth-order valence-electron chi connectivity index (χ4n) is 3.96. The maximum absolute atomic E-state index is 13.2. The van der Waals surface area contributed by atoms with Gasteiger partial charge < -0.3 is 24.1 Å². The van der Waals surface area contributed by atoms with Gasteiger partial charge in [0.1, 0.15) is 17.1 Å². The average molecular weight is 515 g/mol. The predicted molar refractivity (Wildman–Crippen MR) is 135 cm³/mol. The van der Waals surface area contributed by atoms with Crippen molar-refractivity contribution in [1.29, 1.82) is 0 Å². The lowest BCUT2D eigenvalue weighted by molar-refractivity contribution is -0.155. The molecule has 2 atom stereocenters. The molecule has 0 saturated carbocycles. The highest BCUT2D eigenvalue weighted by Crippen LogP contribution is 2.44. The van der Waals surface area contributed by atoms with E-state index in [9.17, 15) is 14.8 Å². The van der Waals surface area contributed by atoms with Crippen LogP contribution in [0.5, 0.6) is 11.5 Å². The number of carbonyl (C=O) groups is 2. The number of amides is 1. The Morgan fingerprint density at radius 3 is 2.49 bits per heavy atom. The fraction of sp³-hybridized carbons (Fsp3) is 0.444. The van der Waals surface area contributed by atoms with Crippen molar-refractivity contribution in [2.75, 3.05) is 20.3 Å². The fourth-order valence-corrected chi connectivity index (χ4v) is 3.96. The molecule has 0 fully saturated rings. The minimum atomic E-state index is -1.66. The van der Waals surface area contributed by atoms with Gasteiger partial charge in [-0.25, -0.2) is 10.5 Å². The van der Waals surface area contributed by atoms with Crippen molar-refractivity contribution in [2.24, 2.45) is 4.99 Å². The van der Waals surface area contributed by atoms with Gasteiger partial charge >= 0.3 is 5.97 Å². The van der Waals surface area contributed by atoms with Crippen molar-refractivity contribution in [1.82, 2.24) is 5.48 Å². The zero-order valence-electron chi connectivity index (χ0n) is 21.5. The molecule has 0 radical (unpaired) electrons. The second-order valence-corrected chi connectivity index (χ2v) is 9.59. The molecule has 0 spiro atoms. The van der Waals surface area contributed by atoms with Crippen LogP contribution in [0.15, 0.2) is 53.5 Å². The van der Waals surface area contributed by atoms with Crippen LogP contribution in [0.1, 0.15) is 57.3 Å². The second kappa shape index (κ2) is 12.1. The summed E-state index contributed by atoms with van der Waals surface area (Å²) in [5, 5.41) is 18.6. The van der Waals surface area contributed by atoms with Gasteiger partial charge in [0.25, 0.3) is 5.91 Å². The Bertz CT molecular complexity index is 1110. The Labute approximate surface area is 216 Å². The number of rotatable bonds is 11. The zero-order valence-corrected chi connectivity index (χ0v) is 21.5. The summed E-state index contributed by atoms with van der Waals surface area (Å²) < 4.78 is 22.6. The van der Waals surface area contributed by atoms with Crippen molar-refractivity contribution < 1.29 is 38.9 Å². The minimum absolute atomic E-state index is 0.0344. The molecule has 10 nitrogen and oxygen atoms in total. The maximum Gasteiger partial charge on any atom is 0.306 e. The number of esters is 1. The Balaban J connectivity index is 1.99. The molecule has 10 heteroatoms. The zero-order chi connectivity index (χ0) is 27.1. The third-order valence-electron chi connectivity index (χ3n) is 5.66. The monoisotopic (exact) mass is 514 g/mol. The first-order valence-electron chi connectivity index (χ1n) is 12.0.